The first-order chi connectivity index (χ1) is 14.6. The van der Waals surface area contributed by atoms with E-state index in [0.29, 0.717) is 34.8 Å². The number of allylic oxidation sites excluding steroid dienone is 1. The Morgan fingerprint density at radius 2 is 1.72 bits per heavy atom. The van der Waals surface area contributed by atoms with Crippen LogP contribution in [0.1, 0.15) is 32.6 Å². The van der Waals surface area contributed by atoms with Crippen molar-refractivity contribution in [1.29, 1.82) is 0 Å². The number of anilines is 1. The second-order valence-corrected chi connectivity index (χ2v) is 8.34. The average Bonchev–Trinajstić information content (AvgIpc) is 2.98. The minimum atomic E-state index is -4.61. The third-order valence-electron chi connectivity index (χ3n) is 4.94. The molecule has 0 fully saturated rings. The summed E-state index contributed by atoms with van der Waals surface area (Å²) in [6, 6.07) is 5.39. The van der Waals surface area contributed by atoms with Gasteiger partial charge >= 0.3 is 37.4 Å². The van der Waals surface area contributed by atoms with Crippen LogP contribution in [0.2, 0.25) is 0 Å². The van der Waals surface area contributed by atoms with Gasteiger partial charge in [-0.2, -0.15) is 0 Å². The number of carbonyl (C=O) groups excluding carboxylic acids is 1. The molecule has 0 saturated heterocycles. The summed E-state index contributed by atoms with van der Waals surface area (Å²) in [7, 11) is -1.63. The number of methoxy groups -OCH3 is 2. The fourth-order valence-corrected chi connectivity index (χ4v) is 3.89. The van der Waals surface area contributed by atoms with Gasteiger partial charge < -0.3 is 29.7 Å². The van der Waals surface area contributed by atoms with E-state index < -0.39 is 14.6 Å². The number of ketones is 1. The molecular formula is C21H25NNaO8P. The van der Waals surface area contributed by atoms with E-state index in [9.17, 15) is 9.36 Å². The maximum absolute atomic E-state index is 13.0. The molecule has 0 saturated carbocycles. The number of rotatable bonds is 7. The molecule has 0 atom stereocenters. The summed E-state index contributed by atoms with van der Waals surface area (Å²) in [6.45, 7) is 3.00. The number of Topliss-reactive ketones (excluding diaryl/α,β-unsaturated/α-hetero) is 1. The molecule has 11 heteroatoms. The molecule has 0 spiro atoms. The molecule has 4 N–H and O–H groups in total. The molecule has 0 heterocycles. The molecule has 32 heavy (non-hydrogen) atoms. The number of benzene rings is 2. The van der Waals surface area contributed by atoms with Crippen LogP contribution in [0, 0.1) is 13.8 Å². The van der Waals surface area contributed by atoms with E-state index in [-0.39, 0.29) is 41.0 Å². The molecule has 1 aliphatic carbocycles. The predicted octanol–water partition coefficient (Wildman–Crippen LogP) is 2.52. The summed E-state index contributed by atoms with van der Waals surface area (Å²) in [6.07, 6.45) is 2.20. The molecule has 2 aromatic rings. The topological polar surface area (TPSA) is 138 Å². The zero-order valence-electron chi connectivity index (χ0n) is 17.6. The van der Waals surface area contributed by atoms with E-state index in [1.165, 1.54) is 14.2 Å². The second kappa shape index (κ2) is 10.4. The van der Waals surface area contributed by atoms with Gasteiger partial charge in [-0.25, -0.2) is 9.09 Å². The zero-order valence-corrected chi connectivity index (χ0v) is 18.5. The molecule has 3 rings (SSSR count). The molecule has 0 unspecified atom stereocenters. The number of nitrogens with two attached hydrogens (primary N) is 1. The van der Waals surface area contributed by atoms with Gasteiger partial charge in [0.1, 0.15) is 5.75 Å². The van der Waals surface area contributed by atoms with Crippen molar-refractivity contribution < 1.29 is 37.9 Å². The van der Waals surface area contributed by atoms with Crippen LogP contribution in [0.15, 0.2) is 23.8 Å². The fourth-order valence-electron chi connectivity index (χ4n) is 3.70. The number of hydrogen-bond acceptors (Lipinski definition) is 7. The fraction of sp³-hybridized carbons (Fsp3) is 0.286. The molecule has 1 aliphatic rings. The van der Waals surface area contributed by atoms with Crippen molar-refractivity contribution in [2.24, 2.45) is 0 Å². The van der Waals surface area contributed by atoms with Crippen molar-refractivity contribution in [2.45, 2.75) is 20.3 Å². The summed E-state index contributed by atoms with van der Waals surface area (Å²) < 4.78 is 31.1. The van der Waals surface area contributed by atoms with Gasteiger partial charge in [-0.1, -0.05) is 0 Å². The van der Waals surface area contributed by atoms with Crippen LogP contribution in [0.25, 0.3) is 6.08 Å². The predicted molar refractivity (Wildman–Crippen MR) is 122 cm³/mol. The Bertz CT molecular complexity index is 1100. The minimum absolute atomic E-state index is 0. The Balaban J connectivity index is 0.00000363. The van der Waals surface area contributed by atoms with Gasteiger partial charge in [-0.05, 0) is 60.4 Å². The molecule has 0 aliphatic heterocycles. The Hall–Kier alpha value is -1.84. The van der Waals surface area contributed by atoms with Crippen LogP contribution in [0.5, 0.6) is 17.2 Å². The van der Waals surface area contributed by atoms with Crippen LogP contribution < -0.4 is 19.9 Å². The van der Waals surface area contributed by atoms with E-state index in [1.807, 2.05) is 12.1 Å². The normalized spacial score (nSPS) is 14.2. The summed E-state index contributed by atoms with van der Waals surface area (Å²) in [5, 5.41) is 0. The molecular weight excluding hydrogens is 448 g/mol. The van der Waals surface area contributed by atoms with E-state index in [1.54, 1.807) is 26.0 Å². The van der Waals surface area contributed by atoms with E-state index in [4.69, 9.17) is 29.7 Å². The Morgan fingerprint density at radius 3 is 2.25 bits per heavy atom. The third-order valence-corrected chi connectivity index (χ3v) is 5.38. The number of hydrogen-bond donors (Lipinski definition) is 3. The van der Waals surface area contributed by atoms with Crippen LogP contribution in [0.3, 0.4) is 0 Å². The second-order valence-electron chi connectivity index (χ2n) is 7.10. The zero-order chi connectivity index (χ0) is 22.9. The van der Waals surface area contributed by atoms with E-state index in [0.717, 1.165) is 22.3 Å². The number of phosphoric ester groups is 1. The Labute approximate surface area is 208 Å². The van der Waals surface area contributed by atoms with Gasteiger partial charge in [0, 0.05) is 12.0 Å². The van der Waals surface area contributed by atoms with E-state index >= 15 is 0 Å². The molecule has 168 valence electrons. The van der Waals surface area contributed by atoms with E-state index in [2.05, 4.69) is 4.52 Å². The SMILES string of the molecule is COc1cc2c(c(N)c1OC)C(=O)C(=Cc1cc(C)c(OCOP(=O)(O)O)c(C)c1)C2.[NaH]. The van der Waals surface area contributed by atoms with Crippen molar-refractivity contribution in [3.05, 3.63) is 51.6 Å². The summed E-state index contributed by atoms with van der Waals surface area (Å²) in [5.74, 6) is 1.09. The van der Waals surface area contributed by atoms with Crippen molar-refractivity contribution in [2.75, 3.05) is 26.7 Å². The van der Waals surface area contributed by atoms with Crippen molar-refractivity contribution in [1.82, 2.24) is 0 Å². The van der Waals surface area contributed by atoms with Crippen molar-refractivity contribution >= 4 is 54.9 Å². The van der Waals surface area contributed by atoms with Gasteiger partial charge in [-0.3, -0.25) is 4.79 Å². The number of nitrogen functional groups attached to an aromatic ring is 1. The number of aryl methyl sites for hydroxylation is 2. The Morgan fingerprint density at radius 1 is 1.09 bits per heavy atom. The summed E-state index contributed by atoms with van der Waals surface area (Å²) >= 11 is 0. The maximum atomic E-state index is 13.0. The molecule has 0 aromatic heterocycles. The molecule has 0 amide bonds. The van der Waals surface area contributed by atoms with Gasteiger partial charge in [-0.15, -0.1) is 0 Å². The molecule has 0 bridgehead atoms. The average molecular weight is 473 g/mol. The van der Waals surface area contributed by atoms with Crippen LogP contribution in [0.4, 0.5) is 5.69 Å². The van der Waals surface area contributed by atoms with Gasteiger partial charge in [0.2, 0.25) is 0 Å². The first kappa shape index (κ1) is 26.4. The van der Waals surface area contributed by atoms with Crippen LogP contribution in [-0.2, 0) is 15.5 Å². The van der Waals surface area contributed by atoms with Gasteiger partial charge in [0.05, 0.1) is 25.5 Å². The number of phosphoric acid groups is 1. The van der Waals surface area contributed by atoms with Crippen LogP contribution >= 0.6 is 7.82 Å². The molecule has 2 aromatic carbocycles. The number of carbonyl (C=O) groups is 1. The summed E-state index contributed by atoms with van der Waals surface area (Å²) in [5.41, 5.74) is 10.4. The van der Waals surface area contributed by atoms with Crippen molar-refractivity contribution in [3.8, 4) is 17.2 Å². The standard InChI is InChI=1S/C21H24NO8P.Na.H/c1-11-5-13(6-12(2)20(11)29-10-30-31(24,25)26)7-15-8-14-9-16(27-3)21(28-4)18(22)17(14)19(15)23;;/h5-7,9H,8,10,22H2,1-4H3,(H2,24,25,26);;. The monoisotopic (exact) mass is 473 g/mol. The first-order valence-electron chi connectivity index (χ1n) is 9.28. The Kier molecular flexibility index (Phi) is 8.58. The first-order valence-corrected chi connectivity index (χ1v) is 10.8. The quantitative estimate of drug-likeness (QED) is 0.182. The van der Waals surface area contributed by atoms with Crippen molar-refractivity contribution in [3.63, 3.8) is 0 Å². The molecule has 0 radical (unpaired) electrons. The van der Waals surface area contributed by atoms with Gasteiger partial charge in [0.25, 0.3) is 0 Å². The molecule has 9 nitrogen and oxygen atoms in total. The number of ether oxygens (including phenoxy) is 3. The third kappa shape index (κ3) is 5.55. The summed E-state index contributed by atoms with van der Waals surface area (Å²) in [4.78, 5) is 30.5. The number of fused-ring (bicyclic) bond motifs is 1. The van der Waals surface area contributed by atoms with Crippen LogP contribution in [-0.4, -0.2) is 66.1 Å². The van der Waals surface area contributed by atoms with Gasteiger partial charge in [0.15, 0.2) is 24.1 Å².